The Morgan fingerprint density at radius 1 is 1.12 bits per heavy atom. The van der Waals surface area contributed by atoms with Gasteiger partial charge in [-0.15, -0.1) is 0 Å². The van der Waals surface area contributed by atoms with E-state index >= 15 is 0 Å². The van der Waals surface area contributed by atoms with Crippen LogP contribution in [0.1, 0.15) is 17.2 Å². The third-order valence-corrected chi connectivity index (χ3v) is 5.53. The van der Waals surface area contributed by atoms with Crippen LogP contribution in [0.4, 0.5) is 4.39 Å². The van der Waals surface area contributed by atoms with E-state index in [-0.39, 0.29) is 16.8 Å². The van der Waals surface area contributed by atoms with Gasteiger partial charge in [-0.3, -0.25) is 5.01 Å². The van der Waals surface area contributed by atoms with Crippen molar-refractivity contribution in [2.75, 3.05) is 19.4 Å². The highest BCUT2D eigenvalue weighted by Crippen LogP contribution is 2.41. The average molecular weight is 360 g/mol. The summed E-state index contributed by atoms with van der Waals surface area (Å²) in [6.45, 7) is 1.31. The van der Waals surface area contributed by atoms with Gasteiger partial charge in [-0.2, -0.15) is 0 Å². The highest BCUT2D eigenvalue weighted by molar-refractivity contribution is 7.90. The summed E-state index contributed by atoms with van der Waals surface area (Å²) in [4.78, 5) is 0.280. The summed E-state index contributed by atoms with van der Waals surface area (Å²) in [5, 5.41) is 1.94. The number of sulfone groups is 1. The SMILES string of the molecule is CS(=O)(=O)c1ccc(C2NN3CCOC3=C2c2ccc(F)cc2)cc1. The number of hydrogen-bond acceptors (Lipinski definition) is 5. The fourth-order valence-corrected chi connectivity index (χ4v) is 3.80. The van der Waals surface area contributed by atoms with Crippen LogP contribution >= 0.6 is 0 Å². The molecule has 0 radical (unpaired) electrons. The molecule has 1 saturated heterocycles. The number of rotatable bonds is 3. The predicted molar refractivity (Wildman–Crippen MR) is 91.4 cm³/mol. The van der Waals surface area contributed by atoms with Gasteiger partial charge in [0.15, 0.2) is 9.84 Å². The Labute approximate surface area is 145 Å². The Morgan fingerprint density at radius 2 is 1.80 bits per heavy atom. The van der Waals surface area contributed by atoms with Crippen molar-refractivity contribution in [3.63, 3.8) is 0 Å². The summed E-state index contributed by atoms with van der Waals surface area (Å²) in [5.74, 6) is 0.447. The van der Waals surface area contributed by atoms with Crippen LogP contribution in [0.15, 0.2) is 59.3 Å². The number of nitrogens with one attached hydrogen (secondary N) is 1. The first-order valence-electron chi connectivity index (χ1n) is 7.90. The molecule has 0 saturated carbocycles. The smallest absolute Gasteiger partial charge is 0.210 e. The predicted octanol–water partition coefficient (Wildman–Crippen LogP) is 2.49. The van der Waals surface area contributed by atoms with E-state index in [1.807, 2.05) is 5.01 Å². The summed E-state index contributed by atoms with van der Waals surface area (Å²) in [7, 11) is -3.24. The standard InChI is InChI=1S/C18H17FN2O3S/c1-25(22,23)15-8-4-13(5-9-15)17-16(12-2-6-14(19)7-3-12)18-21(20-17)10-11-24-18/h2-9,17,20H,10-11H2,1H3. The van der Waals surface area contributed by atoms with Crippen molar-refractivity contribution in [2.45, 2.75) is 10.9 Å². The zero-order valence-electron chi connectivity index (χ0n) is 13.6. The molecule has 7 heteroatoms. The van der Waals surface area contributed by atoms with Gasteiger partial charge in [0.05, 0.1) is 17.5 Å². The Morgan fingerprint density at radius 3 is 2.44 bits per heavy atom. The second-order valence-electron chi connectivity index (χ2n) is 6.13. The second kappa shape index (κ2) is 5.86. The molecule has 2 aliphatic rings. The van der Waals surface area contributed by atoms with Gasteiger partial charge in [0.2, 0.25) is 5.88 Å². The number of nitrogens with zero attached hydrogens (tertiary/aromatic N) is 1. The van der Waals surface area contributed by atoms with Crippen molar-refractivity contribution in [3.8, 4) is 0 Å². The van der Waals surface area contributed by atoms with E-state index in [4.69, 9.17) is 4.74 Å². The topological polar surface area (TPSA) is 58.6 Å². The van der Waals surface area contributed by atoms with Gasteiger partial charge in [-0.25, -0.2) is 18.2 Å². The van der Waals surface area contributed by atoms with Gasteiger partial charge >= 0.3 is 0 Å². The summed E-state index contributed by atoms with van der Waals surface area (Å²) in [5.41, 5.74) is 6.08. The normalized spacial score (nSPS) is 19.9. The molecule has 2 aromatic carbocycles. The molecule has 0 spiro atoms. The molecule has 2 aliphatic heterocycles. The lowest BCUT2D eigenvalue weighted by Crippen LogP contribution is -2.31. The summed E-state index contributed by atoms with van der Waals surface area (Å²) >= 11 is 0. The van der Waals surface area contributed by atoms with E-state index in [9.17, 15) is 12.8 Å². The van der Waals surface area contributed by atoms with Crippen molar-refractivity contribution >= 4 is 15.4 Å². The lowest BCUT2D eigenvalue weighted by molar-refractivity contribution is 0.221. The molecule has 2 aromatic rings. The maximum atomic E-state index is 13.3. The van der Waals surface area contributed by atoms with E-state index < -0.39 is 9.84 Å². The Hall–Kier alpha value is -2.38. The minimum atomic E-state index is -3.24. The molecule has 2 heterocycles. The monoisotopic (exact) mass is 360 g/mol. The Bertz CT molecular complexity index is 937. The first-order chi connectivity index (χ1) is 11.9. The van der Waals surface area contributed by atoms with E-state index in [2.05, 4.69) is 5.43 Å². The lowest BCUT2D eigenvalue weighted by atomic mass is 9.94. The van der Waals surface area contributed by atoms with Crippen LogP contribution in [-0.2, 0) is 14.6 Å². The van der Waals surface area contributed by atoms with Crippen molar-refractivity contribution < 1.29 is 17.5 Å². The Balaban J connectivity index is 1.76. The molecule has 4 rings (SSSR count). The van der Waals surface area contributed by atoms with Crippen LogP contribution in [-0.4, -0.2) is 32.8 Å². The first kappa shape index (κ1) is 16.1. The number of hydrogen-bond donors (Lipinski definition) is 1. The van der Waals surface area contributed by atoms with Crippen molar-refractivity contribution in [3.05, 3.63) is 71.4 Å². The first-order valence-corrected chi connectivity index (χ1v) is 9.79. The molecule has 0 aromatic heterocycles. The van der Waals surface area contributed by atoms with E-state index in [0.29, 0.717) is 6.61 Å². The number of hydrazine groups is 1. The molecular weight excluding hydrogens is 343 g/mol. The average Bonchev–Trinajstić information content (AvgIpc) is 3.16. The lowest BCUT2D eigenvalue weighted by Gasteiger charge is -2.18. The summed E-state index contributed by atoms with van der Waals surface area (Å²) in [6, 6.07) is 12.9. The molecule has 1 atom stereocenters. The zero-order chi connectivity index (χ0) is 17.6. The van der Waals surface area contributed by atoms with E-state index in [0.717, 1.165) is 29.1 Å². The fraction of sp³-hybridized carbons (Fsp3) is 0.222. The minimum absolute atomic E-state index is 0.186. The molecule has 130 valence electrons. The molecule has 0 aliphatic carbocycles. The molecule has 0 amide bonds. The highest BCUT2D eigenvalue weighted by atomic mass is 32.2. The van der Waals surface area contributed by atoms with Crippen molar-refractivity contribution in [2.24, 2.45) is 0 Å². The fourth-order valence-electron chi connectivity index (χ4n) is 3.17. The quantitative estimate of drug-likeness (QED) is 0.911. The van der Waals surface area contributed by atoms with E-state index in [1.54, 1.807) is 36.4 Å². The Kier molecular flexibility index (Phi) is 3.77. The van der Waals surface area contributed by atoms with Crippen molar-refractivity contribution in [1.82, 2.24) is 10.4 Å². The molecule has 1 N–H and O–H groups in total. The number of benzene rings is 2. The summed E-state index contributed by atoms with van der Waals surface area (Å²) < 4.78 is 42.4. The van der Waals surface area contributed by atoms with Gasteiger partial charge in [-0.1, -0.05) is 24.3 Å². The van der Waals surface area contributed by atoms with Crippen LogP contribution in [0.3, 0.4) is 0 Å². The molecule has 1 unspecified atom stereocenters. The highest BCUT2D eigenvalue weighted by Gasteiger charge is 2.37. The summed E-state index contributed by atoms with van der Waals surface area (Å²) in [6.07, 6.45) is 1.19. The molecule has 25 heavy (non-hydrogen) atoms. The molecule has 0 bridgehead atoms. The van der Waals surface area contributed by atoms with Crippen molar-refractivity contribution in [1.29, 1.82) is 0 Å². The molecule has 5 nitrogen and oxygen atoms in total. The van der Waals surface area contributed by atoms with Crippen LogP contribution < -0.4 is 5.43 Å². The van der Waals surface area contributed by atoms with Gasteiger partial charge in [0.1, 0.15) is 12.4 Å². The third kappa shape index (κ3) is 2.89. The van der Waals surface area contributed by atoms with Crippen LogP contribution in [0.25, 0.3) is 5.57 Å². The van der Waals surface area contributed by atoms with Crippen LogP contribution in [0.5, 0.6) is 0 Å². The van der Waals surface area contributed by atoms with Gasteiger partial charge in [0.25, 0.3) is 0 Å². The van der Waals surface area contributed by atoms with Crippen LogP contribution in [0.2, 0.25) is 0 Å². The number of halogens is 1. The third-order valence-electron chi connectivity index (χ3n) is 4.40. The maximum absolute atomic E-state index is 13.3. The number of ether oxygens (including phenoxy) is 1. The largest absolute Gasteiger partial charge is 0.476 e. The van der Waals surface area contributed by atoms with Gasteiger partial charge < -0.3 is 4.74 Å². The van der Waals surface area contributed by atoms with Crippen LogP contribution in [0, 0.1) is 5.82 Å². The van der Waals surface area contributed by atoms with Gasteiger partial charge in [0, 0.05) is 11.8 Å². The molecular formula is C18H17FN2O3S. The second-order valence-corrected chi connectivity index (χ2v) is 8.14. The maximum Gasteiger partial charge on any atom is 0.210 e. The zero-order valence-corrected chi connectivity index (χ0v) is 14.4. The minimum Gasteiger partial charge on any atom is -0.476 e. The van der Waals surface area contributed by atoms with E-state index in [1.165, 1.54) is 18.4 Å². The number of fused-ring (bicyclic) bond motifs is 1. The molecule has 1 fully saturated rings. The van der Waals surface area contributed by atoms with Gasteiger partial charge in [-0.05, 0) is 35.4 Å².